The van der Waals surface area contributed by atoms with E-state index in [0.717, 1.165) is 18.4 Å². The van der Waals surface area contributed by atoms with Crippen LogP contribution in [0.3, 0.4) is 0 Å². The van der Waals surface area contributed by atoms with Gasteiger partial charge in [0.2, 0.25) is 0 Å². The summed E-state index contributed by atoms with van der Waals surface area (Å²) < 4.78 is 5.53. The zero-order valence-electron chi connectivity index (χ0n) is 16.4. The second-order valence-electron chi connectivity index (χ2n) is 8.44. The zero-order valence-corrected chi connectivity index (χ0v) is 16.4. The summed E-state index contributed by atoms with van der Waals surface area (Å²) in [7, 11) is 0. The molecule has 2 aromatic carbocycles. The summed E-state index contributed by atoms with van der Waals surface area (Å²) in [5, 5.41) is 0. The van der Waals surface area contributed by atoms with Gasteiger partial charge in [0.05, 0.1) is 0 Å². The Labute approximate surface area is 161 Å². The third kappa shape index (κ3) is 4.47. The topological polar surface area (TPSA) is 43.4 Å². The van der Waals surface area contributed by atoms with Gasteiger partial charge in [-0.05, 0) is 35.8 Å². The first-order valence-corrected chi connectivity index (χ1v) is 9.71. The van der Waals surface area contributed by atoms with E-state index in [9.17, 15) is 9.59 Å². The van der Waals surface area contributed by atoms with Crippen molar-refractivity contribution in [2.45, 2.75) is 52.1 Å². The largest absolute Gasteiger partial charge is 0.454 e. The molecule has 3 unspecified atom stereocenters. The van der Waals surface area contributed by atoms with E-state index in [1.165, 1.54) is 5.56 Å². The fourth-order valence-electron chi connectivity index (χ4n) is 4.08. The standard InChI is InChI=1S/C24H28O3/c1-24(2,3)21(18-14-8-5-9-15-18)20-22(25)19(27-23(20)26)16-10-13-17-11-6-4-7-12-17/h4-9,11-12,14-15,19-21H,10,13,16H2,1-3H3. The van der Waals surface area contributed by atoms with Crippen LogP contribution in [0.1, 0.15) is 50.7 Å². The fourth-order valence-corrected chi connectivity index (χ4v) is 4.08. The molecule has 3 nitrogen and oxygen atoms in total. The van der Waals surface area contributed by atoms with Gasteiger partial charge in [0.15, 0.2) is 11.9 Å². The van der Waals surface area contributed by atoms with Crippen LogP contribution in [-0.2, 0) is 20.7 Å². The minimum atomic E-state index is -0.714. The predicted octanol–water partition coefficient (Wildman–Crippen LogP) is 4.95. The van der Waals surface area contributed by atoms with Gasteiger partial charge < -0.3 is 4.74 Å². The second kappa shape index (κ2) is 8.08. The summed E-state index contributed by atoms with van der Waals surface area (Å²) in [5.74, 6) is -1.32. The number of aryl methyl sites for hydroxylation is 1. The molecule has 1 aliphatic rings. The number of ketones is 1. The van der Waals surface area contributed by atoms with Crippen LogP contribution in [-0.4, -0.2) is 17.9 Å². The Balaban J connectivity index is 1.72. The van der Waals surface area contributed by atoms with E-state index in [4.69, 9.17) is 4.74 Å². The van der Waals surface area contributed by atoms with Crippen molar-refractivity contribution < 1.29 is 14.3 Å². The van der Waals surface area contributed by atoms with Gasteiger partial charge in [-0.15, -0.1) is 0 Å². The number of hydrogen-bond donors (Lipinski definition) is 0. The lowest BCUT2D eigenvalue weighted by Gasteiger charge is -2.33. The van der Waals surface area contributed by atoms with E-state index in [2.05, 4.69) is 32.9 Å². The van der Waals surface area contributed by atoms with Crippen molar-refractivity contribution in [2.24, 2.45) is 11.3 Å². The first-order chi connectivity index (χ1) is 12.9. The molecule has 0 amide bonds. The van der Waals surface area contributed by atoms with Crippen molar-refractivity contribution >= 4 is 11.8 Å². The molecule has 0 aromatic heterocycles. The van der Waals surface area contributed by atoms with Crippen molar-refractivity contribution in [3.05, 3.63) is 71.8 Å². The van der Waals surface area contributed by atoms with Crippen LogP contribution < -0.4 is 0 Å². The Morgan fingerprint density at radius 3 is 2.11 bits per heavy atom. The van der Waals surface area contributed by atoms with Crippen LogP contribution in [0.15, 0.2) is 60.7 Å². The highest BCUT2D eigenvalue weighted by atomic mass is 16.6. The van der Waals surface area contributed by atoms with E-state index in [-0.39, 0.29) is 23.1 Å². The van der Waals surface area contributed by atoms with Crippen molar-refractivity contribution in [1.29, 1.82) is 0 Å². The Kier molecular flexibility index (Phi) is 5.79. The number of Topliss-reactive ketones (excluding diaryl/α,β-unsaturated/α-hetero) is 1. The molecule has 0 bridgehead atoms. The Morgan fingerprint density at radius 2 is 1.52 bits per heavy atom. The molecule has 1 saturated heterocycles. The van der Waals surface area contributed by atoms with Crippen LogP contribution in [0.25, 0.3) is 0 Å². The molecule has 0 spiro atoms. The smallest absolute Gasteiger partial charge is 0.318 e. The van der Waals surface area contributed by atoms with Crippen LogP contribution in [0.4, 0.5) is 0 Å². The molecule has 2 aromatic rings. The van der Waals surface area contributed by atoms with E-state index < -0.39 is 12.0 Å². The number of cyclic esters (lactones) is 1. The van der Waals surface area contributed by atoms with Crippen LogP contribution in [0.2, 0.25) is 0 Å². The molecule has 3 heteroatoms. The van der Waals surface area contributed by atoms with Gasteiger partial charge in [-0.1, -0.05) is 81.4 Å². The van der Waals surface area contributed by atoms with Gasteiger partial charge in [-0.2, -0.15) is 0 Å². The summed E-state index contributed by atoms with van der Waals surface area (Å²) in [6, 6.07) is 20.0. The number of rotatable bonds is 6. The third-order valence-electron chi connectivity index (χ3n) is 5.34. The molecular formula is C24H28O3. The predicted molar refractivity (Wildman–Crippen MR) is 106 cm³/mol. The number of benzene rings is 2. The van der Waals surface area contributed by atoms with Crippen molar-refractivity contribution in [1.82, 2.24) is 0 Å². The van der Waals surface area contributed by atoms with Crippen LogP contribution in [0.5, 0.6) is 0 Å². The number of esters is 1. The quantitative estimate of drug-likeness (QED) is 0.538. The summed E-state index contributed by atoms with van der Waals surface area (Å²) in [6.07, 6.45) is 1.68. The van der Waals surface area contributed by atoms with Gasteiger partial charge in [0, 0.05) is 5.92 Å². The van der Waals surface area contributed by atoms with Crippen molar-refractivity contribution in [3.63, 3.8) is 0 Å². The van der Waals surface area contributed by atoms with E-state index in [0.29, 0.717) is 6.42 Å². The maximum atomic E-state index is 13.1. The number of ether oxygens (including phenoxy) is 1. The van der Waals surface area contributed by atoms with Crippen molar-refractivity contribution in [3.8, 4) is 0 Å². The first kappa shape index (κ1) is 19.3. The molecule has 27 heavy (non-hydrogen) atoms. The number of hydrogen-bond acceptors (Lipinski definition) is 3. The number of carbonyl (C=O) groups is 2. The highest BCUT2D eigenvalue weighted by Gasteiger charge is 2.50. The zero-order chi connectivity index (χ0) is 19.4. The minimum Gasteiger partial charge on any atom is -0.454 e. The SMILES string of the molecule is CC(C)(C)C(c1ccccc1)C1C(=O)OC(CCCc2ccccc2)C1=O. The lowest BCUT2D eigenvalue weighted by Crippen LogP contribution is -2.34. The maximum Gasteiger partial charge on any atom is 0.318 e. The molecule has 0 saturated carbocycles. The molecule has 0 N–H and O–H groups in total. The molecule has 1 heterocycles. The molecular weight excluding hydrogens is 336 g/mol. The van der Waals surface area contributed by atoms with Gasteiger partial charge in [-0.25, -0.2) is 0 Å². The minimum absolute atomic E-state index is 0.0585. The Morgan fingerprint density at radius 1 is 0.926 bits per heavy atom. The molecule has 3 rings (SSSR count). The third-order valence-corrected chi connectivity index (χ3v) is 5.34. The van der Waals surface area contributed by atoms with Gasteiger partial charge in [0.25, 0.3) is 0 Å². The van der Waals surface area contributed by atoms with Gasteiger partial charge in [0.1, 0.15) is 5.92 Å². The van der Waals surface area contributed by atoms with E-state index >= 15 is 0 Å². The fraction of sp³-hybridized carbons (Fsp3) is 0.417. The first-order valence-electron chi connectivity index (χ1n) is 9.71. The molecule has 142 valence electrons. The van der Waals surface area contributed by atoms with Gasteiger partial charge >= 0.3 is 5.97 Å². The average Bonchev–Trinajstić information content (AvgIpc) is 2.91. The number of carbonyl (C=O) groups excluding carboxylic acids is 2. The lowest BCUT2D eigenvalue weighted by molar-refractivity contribution is -0.145. The lowest BCUT2D eigenvalue weighted by atomic mass is 9.68. The van der Waals surface area contributed by atoms with E-state index in [1.54, 1.807) is 0 Å². The Hall–Kier alpha value is -2.42. The molecule has 1 fully saturated rings. The highest BCUT2D eigenvalue weighted by molar-refractivity contribution is 6.07. The molecule has 1 aliphatic heterocycles. The normalized spacial score (nSPS) is 21.1. The summed E-state index contributed by atoms with van der Waals surface area (Å²) in [4.78, 5) is 25.7. The van der Waals surface area contributed by atoms with Crippen LogP contribution >= 0.6 is 0 Å². The highest BCUT2D eigenvalue weighted by Crippen LogP contribution is 2.44. The summed E-state index contributed by atoms with van der Waals surface area (Å²) in [5.41, 5.74) is 2.03. The molecule has 0 radical (unpaired) electrons. The monoisotopic (exact) mass is 364 g/mol. The average molecular weight is 364 g/mol. The van der Waals surface area contributed by atoms with Gasteiger partial charge in [-0.3, -0.25) is 9.59 Å². The maximum absolute atomic E-state index is 13.1. The second-order valence-corrected chi connectivity index (χ2v) is 8.44. The van der Waals surface area contributed by atoms with E-state index in [1.807, 2.05) is 48.5 Å². The summed E-state index contributed by atoms with van der Waals surface area (Å²) in [6.45, 7) is 6.23. The molecule has 0 aliphatic carbocycles. The Bertz CT molecular complexity index is 774. The van der Waals surface area contributed by atoms with Crippen LogP contribution in [0, 0.1) is 11.3 Å². The molecule has 3 atom stereocenters. The van der Waals surface area contributed by atoms with Crippen molar-refractivity contribution in [2.75, 3.05) is 0 Å². The summed E-state index contributed by atoms with van der Waals surface area (Å²) >= 11 is 0.